The van der Waals surface area contributed by atoms with Crippen LogP contribution in [0.3, 0.4) is 0 Å². The molecule has 0 bridgehead atoms. The average Bonchev–Trinajstić information content (AvgIpc) is 3.22. The summed E-state index contributed by atoms with van der Waals surface area (Å²) < 4.78 is 10.2. The minimum absolute atomic E-state index is 0.650. The maximum atomic E-state index is 5.22. The van der Waals surface area contributed by atoms with Crippen molar-refractivity contribution in [1.82, 2.24) is 0 Å². The van der Waals surface area contributed by atoms with Crippen LogP contribution in [0.15, 0.2) is 0 Å². The second kappa shape index (κ2) is 17.7. The fraction of sp³-hybridized carbons (Fsp3) is 1.00. The van der Waals surface area contributed by atoms with Gasteiger partial charge in [0, 0.05) is 13.2 Å². The molecule has 2 rings (SSSR count). The van der Waals surface area contributed by atoms with E-state index in [-0.39, 0.29) is 0 Å². The quantitative estimate of drug-likeness (QED) is 0.235. The second-order valence-electron chi connectivity index (χ2n) is 7.66. The van der Waals surface area contributed by atoms with Gasteiger partial charge in [-0.25, -0.2) is 0 Å². The van der Waals surface area contributed by atoms with Gasteiger partial charge in [-0.05, 0) is 19.3 Å². The van der Waals surface area contributed by atoms with Crippen LogP contribution in [-0.4, -0.2) is 25.9 Å². The first-order valence-electron chi connectivity index (χ1n) is 11.1. The van der Waals surface area contributed by atoms with Crippen LogP contribution >= 0.6 is 0 Å². The Labute approximate surface area is 152 Å². The van der Waals surface area contributed by atoms with Crippen molar-refractivity contribution in [3.8, 4) is 0 Å². The summed E-state index contributed by atoms with van der Waals surface area (Å²) in [4.78, 5) is 0. The van der Waals surface area contributed by atoms with Gasteiger partial charge in [-0.3, -0.25) is 0 Å². The van der Waals surface area contributed by atoms with Crippen molar-refractivity contribution in [3.05, 3.63) is 0 Å². The number of unbranched alkanes of at least 4 members (excludes halogenated alkanes) is 13. The largest absolute Gasteiger partial charge is 0.381 e. The van der Waals surface area contributed by atoms with Crippen molar-refractivity contribution >= 4 is 0 Å². The molecule has 144 valence electrons. The molecule has 2 heteroatoms. The standard InChI is InChI=1S/C18H36O.C4H8O/c1-2-3-4-5-6-7-8-9-10-11-12-13-14-15-16-18-17-19-18;1-2-4-5-3-1/h18H,2-17H2,1H3;1-4H2. The van der Waals surface area contributed by atoms with Crippen molar-refractivity contribution in [2.75, 3.05) is 19.8 Å². The summed E-state index contributed by atoms with van der Waals surface area (Å²) in [6.45, 7) is 5.33. The molecule has 0 aromatic heterocycles. The number of hydrogen-bond acceptors (Lipinski definition) is 2. The summed E-state index contributed by atoms with van der Waals surface area (Å²) in [5.74, 6) is 0. The van der Waals surface area contributed by atoms with E-state index in [1.54, 1.807) is 0 Å². The molecular formula is C22H44O2. The first kappa shape index (κ1) is 22.0. The van der Waals surface area contributed by atoms with Crippen molar-refractivity contribution < 1.29 is 9.47 Å². The summed E-state index contributed by atoms with van der Waals surface area (Å²) >= 11 is 0. The molecule has 1 atom stereocenters. The highest BCUT2D eigenvalue weighted by atomic mass is 16.6. The summed E-state index contributed by atoms with van der Waals surface area (Å²) in [6, 6.07) is 0. The molecule has 2 heterocycles. The average molecular weight is 341 g/mol. The van der Waals surface area contributed by atoms with E-state index >= 15 is 0 Å². The fourth-order valence-electron chi connectivity index (χ4n) is 3.31. The SMILES string of the molecule is C1CCOC1.CCCCCCCCCCCCCCCCC1CO1. The first-order chi connectivity index (χ1) is 11.9. The number of ether oxygens (including phenoxy) is 2. The zero-order chi connectivity index (χ0) is 17.1. The van der Waals surface area contributed by atoms with Crippen LogP contribution in [0.1, 0.15) is 116 Å². The molecule has 2 saturated heterocycles. The second-order valence-corrected chi connectivity index (χ2v) is 7.66. The highest BCUT2D eigenvalue weighted by Crippen LogP contribution is 2.18. The fourth-order valence-corrected chi connectivity index (χ4v) is 3.31. The predicted octanol–water partition coefficient (Wildman–Crippen LogP) is 7.05. The normalized spacial score (nSPS) is 19.1. The van der Waals surface area contributed by atoms with Gasteiger partial charge in [0.2, 0.25) is 0 Å². The molecule has 0 N–H and O–H groups in total. The molecule has 0 aromatic rings. The Bertz CT molecular complexity index is 227. The first-order valence-corrected chi connectivity index (χ1v) is 11.1. The van der Waals surface area contributed by atoms with Crippen LogP contribution in [0.2, 0.25) is 0 Å². The van der Waals surface area contributed by atoms with Crippen molar-refractivity contribution in [2.24, 2.45) is 0 Å². The molecule has 0 aliphatic carbocycles. The summed E-state index contributed by atoms with van der Waals surface area (Å²) in [7, 11) is 0. The summed E-state index contributed by atoms with van der Waals surface area (Å²) in [6.07, 6.45) is 24.8. The third-order valence-corrected chi connectivity index (χ3v) is 5.11. The third kappa shape index (κ3) is 16.8. The molecule has 2 aliphatic heterocycles. The highest BCUT2D eigenvalue weighted by Gasteiger charge is 2.20. The van der Waals surface area contributed by atoms with Gasteiger partial charge in [0.15, 0.2) is 0 Å². The van der Waals surface area contributed by atoms with Gasteiger partial charge in [-0.15, -0.1) is 0 Å². The van der Waals surface area contributed by atoms with E-state index in [2.05, 4.69) is 6.92 Å². The molecule has 0 radical (unpaired) electrons. The van der Waals surface area contributed by atoms with E-state index in [0.29, 0.717) is 6.10 Å². The molecule has 1 unspecified atom stereocenters. The van der Waals surface area contributed by atoms with E-state index in [1.807, 2.05) is 0 Å². The van der Waals surface area contributed by atoms with Crippen LogP contribution < -0.4 is 0 Å². The molecule has 2 nitrogen and oxygen atoms in total. The Morgan fingerprint density at radius 2 is 1.04 bits per heavy atom. The minimum Gasteiger partial charge on any atom is -0.381 e. The minimum atomic E-state index is 0.650. The lowest BCUT2D eigenvalue weighted by Gasteiger charge is -2.03. The topological polar surface area (TPSA) is 21.8 Å². The van der Waals surface area contributed by atoms with Gasteiger partial charge in [-0.1, -0.05) is 96.8 Å². The van der Waals surface area contributed by atoms with Gasteiger partial charge in [-0.2, -0.15) is 0 Å². The molecule has 0 aromatic carbocycles. The number of rotatable bonds is 15. The Kier molecular flexibility index (Phi) is 16.2. The Morgan fingerprint density at radius 1 is 0.625 bits per heavy atom. The van der Waals surface area contributed by atoms with Crippen molar-refractivity contribution in [2.45, 2.75) is 122 Å². The van der Waals surface area contributed by atoms with E-state index in [4.69, 9.17) is 9.47 Å². The molecule has 2 aliphatic rings. The highest BCUT2D eigenvalue weighted by molar-refractivity contribution is 4.68. The van der Waals surface area contributed by atoms with Crippen molar-refractivity contribution in [1.29, 1.82) is 0 Å². The smallest absolute Gasteiger partial charge is 0.0810 e. The van der Waals surface area contributed by atoms with Crippen LogP contribution in [0.5, 0.6) is 0 Å². The molecule has 2 fully saturated rings. The molecule has 0 saturated carbocycles. The lowest BCUT2D eigenvalue weighted by molar-refractivity contribution is 0.198. The summed E-state index contributed by atoms with van der Waals surface area (Å²) in [5.41, 5.74) is 0. The number of epoxide rings is 1. The molecule has 0 amide bonds. The summed E-state index contributed by atoms with van der Waals surface area (Å²) in [5, 5.41) is 0. The maximum absolute atomic E-state index is 5.22. The van der Waals surface area contributed by atoms with Gasteiger partial charge in [0.05, 0.1) is 12.7 Å². The van der Waals surface area contributed by atoms with Crippen LogP contribution in [0.25, 0.3) is 0 Å². The van der Waals surface area contributed by atoms with Crippen molar-refractivity contribution in [3.63, 3.8) is 0 Å². The van der Waals surface area contributed by atoms with Crippen LogP contribution in [0.4, 0.5) is 0 Å². The maximum Gasteiger partial charge on any atom is 0.0810 e. The van der Waals surface area contributed by atoms with E-state index < -0.39 is 0 Å². The molecule has 0 spiro atoms. The Morgan fingerprint density at radius 3 is 1.38 bits per heavy atom. The van der Waals surface area contributed by atoms with Gasteiger partial charge >= 0.3 is 0 Å². The van der Waals surface area contributed by atoms with E-state index in [0.717, 1.165) is 19.8 Å². The lowest BCUT2D eigenvalue weighted by atomic mass is 10.0. The lowest BCUT2D eigenvalue weighted by Crippen LogP contribution is -1.86. The van der Waals surface area contributed by atoms with E-state index in [9.17, 15) is 0 Å². The molecular weight excluding hydrogens is 296 g/mol. The van der Waals surface area contributed by atoms with Gasteiger partial charge in [0.1, 0.15) is 0 Å². The zero-order valence-electron chi connectivity index (χ0n) is 16.5. The molecule has 24 heavy (non-hydrogen) atoms. The number of hydrogen-bond donors (Lipinski definition) is 0. The third-order valence-electron chi connectivity index (χ3n) is 5.11. The van der Waals surface area contributed by atoms with Gasteiger partial charge in [0.25, 0.3) is 0 Å². The predicted molar refractivity (Wildman–Crippen MR) is 105 cm³/mol. The van der Waals surface area contributed by atoms with Gasteiger partial charge < -0.3 is 9.47 Å². The van der Waals surface area contributed by atoms with Crippen LogP contribution in [0, 0.1) is 0 Å². The van der Waals surface area contributed by atoms with Crippen LogP contribution in [-0.2, 0) is 9.47 Å². The monoisotopic (exact) mass is 340 g/mol. The zero-order valence-corrected chi connectivity index (χ0v) is 16.5. The Hall–Kier alpha value is -0.0800. The van der Waals surface area contributed by atoms with E-state index in [1.165, 1.54) is 109 Å². The Balaban J connectivity index is 0.000000488.